The van der Waals surface area contributed by atoms with Crippen LogP contribution >= 0.6 is 0 Å². The van der Waals surface area contributed by atoms with Gasteiger partial charge in [0.15, 0.2) is 0 Å². The van der Waals surface area contributed by atoms with Gasteiger partial charge in [0.2, 0.25) is 0 Å². The van der Waals surface area contributed by atoms with Gasteiger partial charge in [-0.15, -0.1) is 0 Å². The molecule has 0 bridgehead atoms. The Labute approximate surface area is 135 Å². The summed E-state index contributed by atoms with van der Waals surface area (Å²) in [5.41, 5.74) is 7.69. The van der Waals surface area contributed by atoms with Gasteiger partial charge >= 0.3 is 0 Å². The van der Waals surface area contributed by atoms with Gasteiger partial charge in [0.25, 0.3) is 0 Å². The van der Waals surface area contributed by atoms with Crippen molar-refractivity contribution in [3.05, 3.63) is 52.6 Å². The Balaban J connectivity index is 1.85. The minimum atomic E-state index is -0.591. The summed E-state index contributed by atoms with van der Waals surface area (Å²) in [6.07, 6.45) is 2.32. The molecule has 1 aliphatic carbocycles. The summed E-state index contributed by atoms with van der Waals surface area (Å²) >= 11 is 0. The molecule has 3 aliphatic rings. The highest BCUT2D eigenvalue weighted by Gasteiger charge is 2.44. The zero-order valence-electron chi connectivity index (χ0n) is 13.2. The summed E-state index contributed by atoms with van der Waals surface area (Å²) in [6, 6.07) is 10.5. The first kappa shape index (κ1) is 13.6. The molecular weight excluding hydrogens is 288 g/mol. The van der Waals surface area contributed by atoms with Crippen molar-refractivity contribution >= 4 is 0 Å². The molecule has 0 fully saturated rings. The van der Waals surface area contributed by atoms with Gasteiger partial charge in [-0.3, -0.25) is 0 Å². The quantitative estimate of drug-likeness (QED) is 0.875. The highest BCUT2D eigenvalue weighted by molar-refractivity contribution is 5.80. The van der Waals surface area contributed by atoms with Gasteiger partial charge in [-0.1, -0.05) is 30.3 Å². The smallest absolute Gasteiger partial charge is 0.134 e. The topological polar surface area (TPSA) is 38.7 Å². The van der Waals surface area contributed by atoms with Crippen LogP contribution in [0.3, 0.4) is 0 Å². The van der Waals surface area contributed by atoms with Crippen LogP contribution in [0.2, 0.25) is 0 Å². The molecule has 5 rings (SSSR count). The summed E-state index contributed by atoms with van der Waals surface area (Å²) < 4.78 is 12.2. The molecule has 3 atom stereocenters. The van der Waals surface area contributed by atoms with Gasteiger partial charge in [-0.05, 0) is 48.4 Å². The molecule has 3 nitrogen and oxygen atoms in total. The highest BCUT2D eigenvalue weighted by Crippen LogP contribution is 2.53. The molecular formula is C20H20O3. The van der Waals surface area contributed by atoms with E-state index in [1.807, 2.05) is 13.0 Å². The van der Waals surface area contributed by atoms with Crippen LogP contribution in [0.15, 0.2) is 30.3 Å². The zero-order chi connectivity index (χ0) is 15.6. The Hall–Kier alpha value is -1.84. The van der Waals surface area contributed by atoms with E-state index in [0.29, 0.717) is 6.61 Å². The number of hydrogen-bond donors (Lipinski definition) is 1. The Morgan fingerprint density at radius 3 is 2.65 bits per heavy atom. The standard InChI is InChI=1S/C20H20O3/c1-11-18(21)20-17-15(10-22-20)13-8-5-9-14(13)16(19(17)23-11)12-6-3-2-4-7-12/h2-4,6-7,11,18,20-21H,5,8-10H2,1H3/t11-,18-,20-/m0/s1. The van der Waals surface area contributed by atoms with Crippen molar-refractivity contribution in [2.45, 2.75) is 51.1 Å². The summed E-state index contributed by atoms with van der Waals surface area (Å²) in [7, 11) is 0. The monoisotopic (exact) mass is 308 g/mol. The third-order valence-electron chi connectivity index (χ3n) is 5.53. The normalized spacial score (nSPS) is 27.5. The van der Waals surface area contributed by atoms with E-state index in [2.05, 4.69) is 24.3 Å². The first-order chi connectivity index (χ1) is 11.3. The van der Waals surface area contributed by atoms with Gasteiger partial charge in [0.05, 0.1) is 6.61 Å². The second-order valence-electron chi connectivity index (χ2n) is 6.82. The van der Waals surface area contributed by atoms with E-state index in [-0.39, 0.29) is 12.2 Å². The van der Waals surface area contributed by atoms with Crippen molar-refractivity contribution in [1.29, 1.82) is 0 Å². The number of ether oxygens (including phenoxy) is 2. The fourth-order valence-electron chi connectivity index (χ4n) is 4.45. The third kappa shape index (κ3) is 1.78. The molecule has 0 spiro atoms. The first-order valence-corrected chi connectivity index (χ1v) is 8.48. The lowest BCUT2D eigenvalue weighted by molar-refractivity contribution is -0.0860. The van der Waals surface area contributed by atoms with Crippen LogP contribution in [0.25, 0.3) is 11.1 Å². The lowest BCUT2D eigenvalue weighted by atomic mass is 9.85. The minimum absolute atomic E-state index is 0.239. The molecule has 0 radical (unpaired) electrons. The van der Waals surface area contributed by atoms with E-state index in [1.54, 1.807) is 0 Å². The maximum Gasteiger partial charge on any atom is 0.134 e. The van der Waals surface area contributed by atoms with E-state index in [0.717, 1.165) is 24.2 Å². The van der Waals surface area contributed by atoms with E-state index in [4.69, 9.17) is 9.47 Å². The van der Waals surface area contributed by atoms with Crippen LogP contribution in [0.4, 0.5) is 0 Å². The van der Waals surface area contributed by atoms with Crippen molar-refractivity contribution in [2.75, 3.05) is 0 Å². The molecule has 2 aromatic carbocycles. The number of aliphatic hydroxyl groups is 1. The predicted molar refractivity (Wildman–Crippen MR) is 87.5 cm³/mol. The lowest BCUT2D eigenvalue weighted by Gasteiger charge is -2.34. The molecule has 0 saturated heterocycles. The molecule has 2 aliphatic heterocycles. The SMILES string of the molecule is C[C@@H]1Oc2c(-c3ccccc3)c3c(c4c2[C@H](OC4)[C@H]1O)CCC3. The van der Waals surface area contributed by atoms with E-state index in [9.17, 15) is 5.11 Å². The average Bonchev–Trinajstić information content (AvgIpc) is 3.20. The summed E-state index contributed by atoms with van der Waals surface area (Å²) in [5, 5.41) is 10.5. The van der Waals surface area contributed by atoms with Crippen LogP contribution in [0, 0.1) is 0 Å². The zero-order valence-corrected chi connectivity index (χ0v) is 13.2. The van der Waals surface area contributed by atoms with Gasteiger partial charge in [-0.25, -0.2) is 0 Å². The van der Waals surface area contributed by atoms with Crippen molar-refractivity contribution in [1.82, 2.24) is 0 Å². The fourth-order valence-corrected chi connectivity index (χ4v) is 4.45. The maximum absolute atomic E-state index is 10.5. The molecule has 0 unspecified atom stereocenters. The van der Waals surface area contributed by atoms with Gasteiger partial charge in [-0.2, -0.15) is 0 Å². The maximum atomic E-state index is 10.5. The van der Waals surface area contributed by atoms with Crippen molar-refractivity contribution in [3.8, 4) is 16.9 Å². The first-order valence-electron chi connectivity index (χ1n) is 8.48. The van der Waals surface area contributed by atoms with Crippen LogP contribution in [0.5, 0.6) is 5.75 Å². The fraction of sp³-hybridized carbons (Fsp3) is 0.400. The largest absolute Gasteiger partial charge is 0.487 e. The van der Waals surface area contributed by atoms with Crippen molar-refractivity contribution < 1.29 is 14.6 Å². The second-order valence-corrected chi connectivity index (χ2v) is 6.82. The summed E-state index contributed by atoms with van der Waals surface area (Å²) in [6.45, 7) is 2.54. The number of rotatable bonds is 1. The molecule has 23 heavy (non-hydrogen) atoms. The Bertz CT molecular complexity index is 781. The summed E-state index contributed by atoms with van der Waals surface area (Å²) in [5.74, 6) is 0.951. The van der Waals surface area contributed by atoms with E-state index < -0.39 is 6.10 Å². The second kappa shape index (κ2) is 4.83. The molecule has 0 aromatic heterocycles. The third-order valence-corrected chi connectivity index (χ3v) is 5.53. The Morgan fingerprint density at radius 1 is 1.04 bits per heavy atom. The number of fused-ring (bicyclic) bond motifs is 2. The Morgan fingerprint density at radius 2 is 1.83 bits per heavy atom. The molecule has 0 saturated carbocycles. The van der Waals surface area contributed by atoms with Gasteiger partial charge in [0, 0.05) is 11.1 Å². The summed E-state index contributed by atoms with van der Waals surface area (Å²) in [4.78, 5) is 0. The van der Waals surface area contributed by atoms with Crippen LogP contribution < -0.4 is 4.74 Å². The lowest BCUT2D eigenvalue weighted by Crippen LogP contribution is -2.38. The molecule has 0 amide bonds. The minimum Gasteiger partial charge on any atom is -0.487 e. The number of benzene rings is 2. The average molecular weight is 308 g/mol. The van der Waals surface area contributed by atoms with Crippen molar-refractivity contribution in [3.63, 3.8) is 0 Å². The van der Waals surface area contributed by atoms with Crippen molar-refractivity contribution in [2.24, 2.45) is 0 Å². The molecule has 118 valence electrons. The molecule has 3 heteroatoms. The molecule has 2 aromatic rings. The van der Waals surface area contributed by atoms with Gasteiger partial charge in [0.1, 0.15) is 24.1 Å². The number of aliphatic hydroxyl groups excluding tert-OH is 1. The van der Waals surface area contributed by atoms with E-state index >= 15 is 0 Å². The van der Waals surface area contributed by atoms with E-state index in [1.165, 1.54) is 34.2 Å². The molecule has 1 N–H and O–H groups in total. The van der Waals surface area contributed by atoms with Crippen LogP contribution in [0.1, 0.15) is 41.7 Å². The highest BCUT2D eigenvalue weighted by atomic mass is 16.5. The van der Waals surface area contributed by atoms with Gasteiger partial charge < -0.3 is 14.6 Å². The molecule has 2 heterocycles. The predicted octanol–water partition coefficient (Wildman–Crippen LogP) is 3.56. The number of hydrogen-bond acceptors (Lipinski definition) is 3. The van der Waals surface area contributed by atoms with Crippen LogP contribution in [-0.2, 0) is 24.2 Å². The Kier molecular flexibility index (Phi) is 2.85. The van der Waals surface area contributed by atoms with Crippen LogP contribution in [-0.4, -0.2) is 17.3 Å².